The van der Waals surface area contributed by atoms with Crippen LogP contribution >= 0.6 is 12.2 Å². The van der Waals surface area contributed by atoms with Crippen molar-refractivity contribution in [1.29, 1.82) is 5.26 Å². The summed E-state index contributed by atoms with van der Waals surface area (Å²) in [5.74, 6) is -0.625. The topological polar surface area (TPSA) is 83.8 Å². The van der Waals surface area contributed by atoms with Crippen LogP contribution in [0.3, 0.4) is 0 Å². The molecule has 3 N–H and O–H groups in total. The van der Waals surface area contributed by atoms with Gasteiger partial charge in [-0.15, -0.1) is 0 Å². The van der Waals surface area contributed by atoms with Gasteiger partial charge in [0.1, 0.15) is 23.4 Å². The number of fused-ring (bicyclic) bond motifs is 1. The molecule has 0 fully saturated rings. The third kappa shape index (κ3) is 4.19. The SMILES string of the molecule is N#C/C(=C\c1cn(CC(=O)Nc2ccc(F)cc2)c2ccccc12)C(N)=S. The van der Waals surface area contributed by atoms with Crippen LogP contribution in [0.15, 0.2) is 60.3 Å². The van der Waals surface area contributed by atoms with E-state index in [0.717, 1.165) is 16.5 Å². The number of nitrogens with zero attached hydrogens (tertiary/aromatic N) is 2. The molecule has 0 aliphatic heterocycles. The number of aromatic nitrogens is 1. The molecule has 5 nitrogen and oxygen atoms in total. The molecule has 27 heavy (non-hydrogen) atoms. The van der Waals surface area contributed by atoms with E-state index < -0.39 is 0 Å². The fourth-order valence-electron chi connectivity index (χ4n) is 2.72. The monoisotopic (exact) mass is 378 g/mol. The summed E-state index contributed by atoms with van der Waals surface area (Å²) in [5, 5.41) is 12.8. The molecule has 0 bridgehead atoms. The minimum absolute atomic E-state index is 0.0170. The molecule has 7 heteroatoms. The lowest BCUT2D eigenvalue weighted by Crippen LogP contribution is -2.18. The number of rotatable bonds is 5. The summed E-state index contributed by atoms with van der Waals surface area (Å²) in [5.41, 5.74) is 7.85. The van der Waals surface area contributed by atoms with E-state index in [2.05, 4.69) is 5.32 Å². The molecule has 1 amide bonds. The molecule has 0 aliphatic rings. The van der Waals surface area contributed by atoms with Crippen LogP contribution in [-0.2, 0) is 11.3 Å². The molecule has 0 spiro atoms. The minimum atomic E-state index is -0.369. The zero-order valence-corrected chi connectivity index (χ0v) is 15.0. The molecule has 3 aromatic rings. The maximum atomic E-state index is 13.0. The fraction of sp³-hybridized carbons (Fsp3) is 0.0500. The van der Waals surface area contributed by atoms with E-state index in [0.29, 0.717) is 5.69 Å². The molecule has 0 saturated carbocycles. The number of carbonyl (C=O) groups excluding carboxylic acids is 1. The summed E-state index contributed by atoms with van der Waals surface area (Å²) in [6.45, 7) is 0.0562. The number of benzene rings is 2. The summed E-state index contributed by atoms with van der Waals surface area (Å²) in [7, 11) is 0. The predicted octanol–water partition coefficient (Wildman–Crippen LogP) is 3.61. The van der Waals surface area contributed by atoms with Gasteiger partial charge in [0.05, 0.1) is 5.57 Å². The second-order valence-electron chi connectivity index (χ2n) is 5.82. The Morgan fingerprint density at radius 2 is 1.96 bits per heavy atom. The minimum Gasteiger partial charge on any atom is -0.389 e. The maximum Gasteiger partial charge on any atom is 0.244 e. The Bertz CT molecular complexity index is 1090. The lowest BCUT2D eigenvalue weighted by molar-refractivity contribution is -0.116. The standard InChI is InChI=1S/C20H15FN4OS/c21-15-5-7-16(8-6-15)24-19(26)12-25-11-14(9-13(10-22)20(23)27)17-3-1-2-4-18(17)25/h1-9,11H,12H2,(H2,23,27)(H,24,26)/b13-9+. The summed E-state index contributed by atoms with van der Waals surface area (Å²) in [4.78, 5) is 12.4. The highest BCUT2D eigenvalue weighted by Crippen LogP contribution is 2.24. The van der Waals surface area contributed by atoms with Crippen molar-refractivity contribution in [2.24, 2.45) is 5.73 Å². The number of thiocarbonyl (C=S) groups is 1. The Kier molecular flexibility index (Phi) is 5.29. The number of hydrogen-bond donors (Lipinski definition) is 2. The number of anilines is 1. The van der Waals surface area contributed by atoms with Crippen LogP contribution in [-0.4, -0.2) is 15.5 Å². The third-order valence-electron chi connectivity index (χ3n) is 3.95. The molecule has 134 valence electrons. The lowest BCUT2D eigenvalue weighted by Gasteiger charge is -2.07. The quantitative estimate of drug-likeness (QED) is 0.404. The van der Waals surface area contributed by atoms with Gasteiger partial charge in [0.25, 0.3) is 0 Å². The number of nitriles is 1. The fourth-order valence-corrected chi connectivity index (χ4v) is 2.83. The summed E-state index contributed by atoms with van der Waals surface area (Å²) >= 11 is 4.89. The van der Waals surface area contributed by atoms with Gasteiger partial charge in [0.2, 0.25) is 5.91 Å². The van der Waals surface area contributed by atoms with Gasteiger partial charge < -0.3 is 15.6 Å². The van der Waals surface area contributed by atoms with Crippen LogP contribution in [0.25, 0.3) is 17.0 Å². The molecule has 0 saturated heterocycles. The molecule has 0 aliphatic carbocycles. The zero-order chi connectivity index (χ0) is 19.4. The number of para-hydroxylation sites is 1. The maximum absolute atomic E-state index is 13.0. The van der Waals surface area contributed by atoms with Crippen LogP contribution in [0.5, 0.6) is 0 Å². The molecule has 1 aromatic heterocycles. The van der Waals surface area contributed by atoms with Crippen LogP contribution < -0.4 is 11.1 Å². The first-order chi connectivity index (χ1) is 13.0. The number of halogens is 1. The molecular formula is C20H15FN4OS. The molecule has 0 unspecified atom stereocenters. The first-order valence-electron chi connectivity index (χ1n) is 8.03. The van der Waals surface area contributed by atoms with Crippen molar-refractivity contribution >= 4 is 45.8 Å². The Morgan fingerprint density at radius 3 is 2.63 bits per heavy atom. The lowest BCUT2D eigenvalue weighted by atomic mass is 10.1. The molecule has 0 atom stereocenters. The second-order valence-corrected chi connectivity index (χ2v) is 6.26. The van der Waals surface area contributed by atoms with Gasteiger partial charge in [0, 0.05) is 28.4 Å². The number of nitrogens with two attached hydrogens (primary N) is 1. The molecule has 1 heterocycles. The van der Waals surface area contributed by atoms with Crippen molar-refractivity contribution in [2.45, 2.75) is 6.54 Å². The normalized spacial score (nSPS) is 11.2. The number of amides is 1. The second kappa shape index (κ2) is 7.81. The number of nitrogens with one attached hydrogen (secondary N) is 1. The Hall–Kier alpha value is -3.50. The number of carbonyl (C=O) groups is 1. The van der Waals surface area contributed by atoms with Crippen molar-refractivity contribution in [2.75, 3.05) is 5.32 Å². The van der Waals surface area contributed by atoms with Gasteiger partial charge in [-0.1, -0.05) is 30.4 Å². The smallest absolute Gasteiger partial charge is 0.244 e. The van der Waals surface area contributed by atoms with E-state index in [1.165, 1.54) is 24.3 Å². The van der Waals surface area contributed by atoms with Crippen molar-refractivity contribution in [3.63, 3.8) is 0 Å². The number of hydrogen-bond acceptors (Lipinski definition) is 3. The summed E-state index contributed by atoms with van der Waals surface area (Å²) < 4.78 is 14.7. The largest absolute Gasteiger partial charge is 0.389 e. The molecule has 0 radical (unpaired) electrons. The van der Waals surface area contributed by atoms with Crippen LogP contribution in [0.2, 0.25) is 0 Å². The molecule has 2 aromatic carbocycles. The summed E-state index contributed by atoms with van der Waals surface area (Å²) in [6.07, 6.45) is 3.38. The van der Waals surface area contributed by atoms with Crippen molar-refractivity contribution in [1.82, 2.24) is 4.57 Å². The van der Waals surface area contributed by atoms with Gasteiger partial charge in [-0.05, 0) is 36.4 Å². The highest BCUT2D eigenvalue weighted by molar-refractivity contribution is 7.80. The van der Waals surface area contributed by atoms with Crippen LogP contribution in [0.1, 0.15) is 5.56 Å². The average molecular weight is 378 g/mol. The zero-order valence-electron chi connectivity index (χ0n) is 14.1. The van der Waals surface area contributed by atoms with E-state index in [9.17, 15) is 14.4 Å². The van der Waals surface area contributed by atoms with Crippen LogP contribution in [0, 0.1) is 17.1 Å². The molecular weight excluding hydrogens is 363 g/mol. The highest BCUT2D eigenvalue weighted by Gasteiger charge is 2.11. The van der Waals surface area contributed by atoms with Crippen molar-refractivity contribution in [3.8, 4) is 6.07 Å². The average Bonchev–Trinajstić information content (AvgIpc) is 2.99. The van der Waals surface area contributed by atoms with Gasteiger partial charge in [0.15, 0.2) is 0 Å². The van der Waals surface area contributed by atoms with Gasteiger partial charge >= 0.3 is 0 Å². The molecule has 3 rings (SSSR count). The van der Waals surface area contributed by atoms with Crippen molar-refractivity contribution < 1.29 is 9.18 Å². The third-order valence-corrected chi connectivity index (χ3v) is 4.17. The van der Waals surface area contributed by atoms with Crippen LogP contribution in [0.4, 0.5) is 10.1 Å². The van der Waals surface area contributed by atoms with Gasteiger partial charge in [-0.25, -0.2) is 4.39 Å². The van der Waals surface area contributed by atoms with E-state index in [4.69, 9.17) is 18.0 Å². The van der Waals surface area contributed by atoms with E-state index in [-0.39, 0.29) is 28.8 Å². The Morgan fingerprint density at radius 1 is 1.26 bits per heavy atom. The van der Waals surface area contributed by atoms with Crippen molar-refractivity contribution in [3.05, 3.63) is 71.7 Å². The highest BCUT2D eigenvalue weighted by atomic mass is 32.1. The predicted molar refractivity (Wildman–Crippen MR) is 107 cm³/mol. The van der Waals surface area contributed by atoms with Gasteiger partial charge in [-0.2, -0.15) is 5.26 Å². The van der Waals surface area contributed by atoms with E-state index in [1.807, 2.05) is 30.3 Å². The van der Waals surface area contributed by atoms with Gasteiger partial charge in [-0.3, -0.25) is 4.79 Å². The first kappa shape index (κ1) is 18.3. The first-order valence-corrected chi connectivity index (χ1v) is 8.43. The van der Waals surface area contributed by atoms with E-state index in [1.54, 1.807) is 16.8 Å². The van der Waals surface area contributed by atoms with E-state index >= 15 is 0 Å². The Labute approximate surface area is 160 Å². The Balaban J connectivity index is 1.91. The summed E-state index contributed by atoms with van der Waals surface area (Å²) in [6, 6.07) is 15.0.